The lowest BCUT2D eigenvalue weighted by Gasteiger charge is -2.22. The first-order chi connectivity index (χ1) is 6.40. The van der Waals surface area contributed by atoms with Crippen LogP contribution in [0.1, 0.15) is 27.2 Å². The molecule has 0 radical (unpaired) electrons. The number of aliphatic hydroxyl groups is 1. The average molecular weight is 203 g/mol. The molecule has 5 heteroatoms. The van der Waals surface area contributed by atoms with Crippen LogP contribution in [0, 0.1) is 5.92 Å². The molecule has 0 saturated heterocycles. The molecule has 0 aromatic heterocycles. The number of hydrogen-bond donors (Lipinski definition) is 3. The Hall–Kier alpha value is -1.10. The van der Waals surface area contributed by atoms with Crippen molar-refractivity contribution in [1.82, 2.24) is 5.32 Å². The van der Waals surface area contributed by atoms with Crippen molar-refractivity contribution in [3.63, 3.8) is 0 Å². The molecule has 5 nitrogen and oxygen atoms in total. The summed E-state index contributed by atoms with van der Waals surface area (Å²) in [5, 5.41) is 20.5. The van der Waals surface area contributed by atoms with Crippen molar-refractivity contribution in [2.75, 3.05) is 0 Å². The van der Waals surface area contributed by atoms with Crippen LogP contribution in [0.3, 0.4) is 0 Å². The first-order valence-electron chi connectivity index (χ1n) is 4.60. The number of carbonyl (C=O) groups is 2. The van der Waals surface area contributed by atoms with E-state index in [1.807, 2.05) is 0 Å². The van der Waals surface area contributed by atoms with Crippen molar-refractivity contribution in [3.05, 3.63) is 0 Å². The summed E-state index contributed by atoms with van der Waals surface area (Å²) in [6, 6.07) is -1.22. The molecule has 2 atom stereocenters. The topological polar surface area (TPSA) is 86.6 Å². The van der Waals surface area contributed by atoms with E-state index in [2.05, 4.69) is 5.32 Å². The second-order valence-electron chi connectivity index (χ2n) is 3.47. The predicted octanol–water partition coefficient (Wildman–Crippen LogP) is -0.0173. The van der Waals surface area contributed by atoms with Gasteiger partial charge in [0.2, 0.25) is 5.91 Å². The number of carbonyl (C=O) groups excluding carboxylic acids is 1. The minimum Gasteiger partial charge on any atom is -0.480 e. The minimum absolute atomic E-state index is 0.203. The number of amides is 1. The lowest BCUT2D eigenvalue weighted by Crippen LogP contribution is -2.50. The van der Waals surface area contributed by atoms with Crippen molar-refractivity contribution < 1.29 is 19.8 Å². The van der Waals surface area contributed by atoms with Crippen LogP contribution in [0.4, 0.5) is 0 Å². The summed E-state index contributed by atoms with van der Waals surface area (Å²) in [5.41, 5.74) is 0. The molecule has 0 heterocycles. The van der Waals surface area contributed by atoms with E-state index < -0.39 is 18.1 Å². The Balaban J connectivity index is 4.44. The fourth-order valence-corrected chi connectivity index (χ4v) is 0.954. The second-order valence-corrected chi connectivity index (χ2v) is 3.47. The van der Waals surface area contributed by atoms with Gasteiger partial charge in [0.1, 0.15) is 0 Å². The van der Waals surface area contributed by atoms with Gasteiger partial charge < -0.3 is 15.5 Å². The third-order valence-corrected chi connectivity index (χ3v) is 1.93. The van der Waals surface area contributed by atoms with Gasteiger partial charge in [0.15, 0.2) is 6.04 Å². The lowest BCUT2D eigenvalue weighted by molar-refractivity contribution is -0.146. The molecular weight excluding hydrogens is 186 g/mol. The van der Waals surface area contributed by atoms with Crippen LogP contribution < -0.4 is 5.32 Å². The first-order valence-corrected chi connectivity index (χ1v) is 4.60. The predicted molar refractivity (Wildman–Crippen MR) is 50.7 cm³/mol. The van der Waals surface area contributed by atoms with Gasteiger partial charge in [-0.3, -0.25) is 4.79 Å². The fourth-order valence-electron chi connectivity index (χ4n) is 0.954. The average Bonchev–Trinajstić information content (AvgIpc) is 2.11. The van der Waals surface area contributed by atoms with Gasteiger partial charge in [-0.15, -0.1) is 0 Å². The van der Waals surface area contributed by atoms with Crippen LogP contribution in [0.2, 0.25) is 0 Å². The highest BCUT2D eigenvalue weighted by molar-refractivity contribution is 5.83. The van der Waals surface area contributed by atoms with Crippen molar-refractivity contribution in [2.24, 2.45) is 5.92 Å². The van der Waals surface area contributed by atoms with E-state index in [4.69, 9.17) is 5.11 Å². The summed E-state index contributed by atoms with van der Waals surface area (Å²) in [6.07, 6.45) is -0.864. The highest BCUT2D eigenvalue weighted by Crippen LogP contribution is 2.06. The molecule has 0 spiro atoms. The number of carboxylic acids is 1. The Bertz CT molecular complexity index is 215. The first kappa shape index (κ1) is 12.9. The maximum Gasteiger partial charge on any atom is 0.328 e. The number of carboxylic acid groups (broad SMARTS) is 1. The molecule has 0 fully saturated rings. The van der Waals surface area contributed by atoms with Crippen LogP contribution in [0.25, 0.3) is 0 Å². The molecule has 82 valence electrons. The largest absolute Gasteiger partial charge is 0.480 e. The Kier molecular flexibility index (Phi) is 5.15. The summed E-state index contributed by atoms with van der Waals surface area (Å²) in [7, 11) is 0. The van der Waals surface area contributed by atoms with Crippen molar-refractivity contribution in [3.8, 4) is 0 Å². The van der Waals surface area contributed by atoms with Crippen molar-refractivity contribution in [1.29, 1.82) is 0 Å². The van der Waals surface area contributed by atoms with E-state index in [0.717, 1.165) is 0 Å². The van der Waals surface area contributed by atoms with Crippen LogP contribution in [0.5, 0.6) is 0 Å². The van der Waals surface area contributed by atoms with Gasteiger partial charge in [0, 0.05) is 6.42 Å². The van der Waals surface area contributed by atoms with Gasteiger partial charge in [0.25, 0.3) is 0 Å². The summed E-state index contributed by atoms with van der Waals surface area (Å²) in [4.78, 5) is 21.7. The highest BCUT2D eigenvalue weighted by Gasteiger charge is 2.29. The standard InChI is InChI=1S/C9H17NO4/c1-4-6(11)10-7(9(13)14)8(12)5(2)3/h5,7-8,12H,4H2,1-3H3,(H,10,11)(H,13,14). The molecule has 0 saturated carbocycles. The van der Waals surface area contributed by atoms with E-state index in [0.29, 0.717) is 0 Å². The molecule has 0 aromatic rings. The Labute approximate surface area is 83.1 Å². The fraction of sp³-hybridized carbons (Fsp3) is 0.778. The Morgan fingerprint density at radius 2 is 1.86 bits per heavy atom. The van der Waals surface area contributed by atoms with Crippen LogP contribution in [0.15, 0.2) is 0 Å². The zero-order valence-corrected chi connectivity index (χ0v) is 8.65. The summed E-state index contributed by atoms with van der Waals surface area (Å²) < 4.78 is 0. The molecule has 1 amide bonds. The summed E-state index contributed by atoms with van der Waals surface area (Å²) >= 11 is 0. The Morgan fingerprint density at radius 1 is 1.36 bits per heavy atom. The highest BCUT2D eigenvalue weighted by atomic mass is 16.4. The van der Waals surface area contributed by atoms with Gasteiger partial charge in [-0.05, 0) is 5.92 Å². The van der Waals surface area contributed by atoms with E-state index >= 15 is 0 Å². The van der Waals surface area contributed by atoms with E-state index in [-0.39, 0.29) is 18.2 Å². The molecule has 2 unspecified atom stereocenters. The van der Waals surface area contributed by atoms with Crippen LogP contribution >= 0.6 is 0 Å². The van der Waals surface area contributed by atoms with Crippen molar-refractivity contribution in [2.45, 2.75) is 39.3 Å². The van der Waals surface area contributed by atoms with Gasteiger partial charge in [-0.2, -0.15) is 0 Å². The molecule has 0 aliphatic carbocycles. The van der Waals surface area contributed by atoms with Gasteiger partial charge in [0.05, 0.1) is 6.10 Å². The smallest absolute Gasteiger partial charge is 0.328 e. The zero-order valence-electron chi connectivity index (χ0n) is 8.65. The number of aliphatic carboxylic acids is 1. The second kappa shape index (κ2) is 5.59. The molecule has 0 rings (SSSR count). The maximum atomic E-state index is 11.0. The SMILES string of the molecule is CCC(=O)NC(C(=O)O)C(O)C(C)C. The van der Waals surface area contributed by atoms with E-state index in [9.17, 15) is 14.7 Å². The van der Waals surface area contributed by atoms with Crippen molar-refractivity contribution >= 4 is 11.9 Å². The molecule has 0 aliphatic rings. The van der Waals surface area contributed by atoms with Crippen LogP contribution in [-0.2, 0) is 9.59 Å². The van der Waals surface area contributed by atoms with E-state index in [1.165, 1.54) is 0 Å². The number of nitrogens with one attached hydrogen (secondary N) is 1. The van der Waals surface area contributed by atoms with Crippen LogP contribution in [-0.4, -0.2) is 34.2 Å². The van der Waals surface area contributed by atoms with E-state index in [1.54, 1.807) is 20.8 Å². The zero-order chi connectivity index (χ0) is 11.3. The third-order valence-electron chi connectivity index (χ3n) is 1.93. The van der Waals surface area contributed by atoms with Gasteiger partial charge in [-0.25, -0.2) is 4.79 Å². The molecule has 14 heavy (non-hydrogen) atoms. The van der Waals surface area contributed by atoms with Gasteiger partial charge >= 0.3 is 5.97 Å². The quantitative estimate of drug-likeness (QED) is 0.586. The molecular formula is C9H17NO4. The summed E-state index contributed by atoms with van der Waals surface area (Å²) in [5.74, 6) is -1.81. The molecule has 3 N–H and O–H groups in total. The monoisotopic (exact) mass is 203 g/mol. The number of hydrogen-bond acceptors (Lipinski definition) is 3. The van der Waals surface area contributed by atoms with Gasteiger partial charge in [-0.1, -0.05) is 20.8 Å². The lowest BCUT2D eigenvalue weighted by atomic mass is 9.99. The molecule has 0 aliphatic heterocycles. The normalized spacial score (nSPS) is 14.9. The third kappa shape index (κ3) is 3.74. The number of rotatable bonds is 5. The molecule has 0 aromatic carbocycles. The number of aliphatic hydroxyl groups excluding tert-OH is 1. The summed E-state index contributed by atoms with van der Waals surface area (Å²) in [6.45, 7) is 5.01. The Morgan fingerprint density at radius 3 is 2.14 bits per heavy atom. The minimum atomic E-state index is -1.22. The maximum absolute atomic E-state index is 11.0. The molecule has 0 bridgehead atoms.